The monoisotopic (exact) mass is 362 g/mol. The highest BCUT2D eigenvalue weighted by Gasteiger charge is 2.44. The molecule has 0 aromatic heterocycles. The molecule has 0 unspecified atom stereocenters. The van der Waals surface area contributed by atoms with Gasteiger partial charge in [-0.3, -0.25) is 4.99 Å². The molecule has 1 aliphatic carbocycles. The largest absolute Gasteiger partial charge is 0.453 e. The molecule has 1 aromatic carbocycles. The number of likely N-dealkylation sites (tertiary alicyclic amines) is 1. The summed E-state index contributed by atoms with van der Waals surface area (Å²) < 4.78 is 18.3. The molecule has 1 aliphatic heterocycles. The van der Waals surface area contributed by atoms with Gasteiger partial charge in [-0.2, -0.15) is 0 Å². The van der Waals surface area contributed by atoms with Crippen LogP contribution in [0.2, 0.25) is 0 Å². The number of nitrogens with zero attached hydrogens (tertiary/aromatic N) is 2. The summed E-state index contributed by atoms with van der Waals surface area (Å²) >= 11 is 0. The molecule has 1 saturated heterocycles. The minimum Gasteiger partial charge on any atom is -0.453 e. The third-order valence-electron chi connectivity index (χ3n) is 5.38. The van der Waals surface area contributed by atoms with Gasteiger partial charge in [0.1, 0.15) is 5.82 Å². The number of aliphatic imine (C=N–C) groups is 1. The van der Waals surface area contributed by atoms with Gasteiger partial charge < -0.3 is 20.3 Å². The standard InChI is InChI=1S/C19H27FN4O2/c1-21-17(23-16-6-10-24(11-7-16)18(25)26-2)22-13-19(8-9-19)14-4-3-5-15(20)12-14/h3-5,12,16H,6-11,13H2,1-2H3,(H2,21,22,23). The number of methoxy groups -OCH3 is 1. The maximum absolute atomic E-state index is 13.5. The Bertz CT molecular complexity index is 667. The normalized spacial score (nSPS) is 19.8. The maximum Gasteiger partial charge on any atom is 0.409 e. The smallest absolute Gasteiger partial charge is 0.409 e. The van der Waals surface area contributed by atoms with Gasteiger partial charge in [-0.15, -0.1) is 0 Å². The van der Waals surface area contributed by atoms with E-state index < -0.39 is 0 Å². The highest BCUT2D eigenvalue weighted by molar-refractivity contribution is 5.80. The summed E-state index contributed by atoms with van der Waals surface area (Å²) in [7, 11) is 3.16. The summed E-state index contributed by atoms with van der Waals surface area (Å²) in [6.45, 7) is 2.08. The van der Waals surface area contributed by atoms with E-state index in [0.717, 1.165) is 43.8 Å². The fourth-order valence-corrected chi connectivity index (χ4v) is 3.51. The van der Waals surface area contributed by atoms with Crippen molar-refractivity contribution in [2.45, 2.75) is 37.1 Å². The number of hydrogen-bond donors (Lipinski definition) is 2. The van der Waals surface area contributed by atoms with Crippen LogP contribution in [0.3, 0.4) is 0 Å². The first-order valence-corrected chi connectivity index (χ1v) is 9.12. The van der Waals surface area contributed by atoms with Crippen LogP contribution in [0.15, 0.2) is 29.3 Å². The molecular formula is C19H27FN4O2. The minimum absolute atomic E-state index is 0.00790. The van der Waals surface area contributed by atoms with Gasteiger partial charge in [0.25, 0.3) is 0 Å². The van der Waals surface area contributed by atoms with E-state index >= 15 is 0 Å². The summed E-state index contributed by atoms with van der Waals surface area (Å²) in [5, 5.41) is 6.83. The highest BCUT2D eigenvalue weighted by atomic mass is 19.1. The Hall–Kier alpha value is -2.31. The van der Waals surface area contributed by atoms with Crippen molar-refractivity contribution >= 4 is 12.1 Å². The lowest BCUT2D eigenvalue weighted by atomic mass is 9.96. The predicted molar refractivity (Wildman–Crippen MR) is 98.8 cm³/mol. The number of rotatable bonds is 4. The van der Waals surface area contributed by atoms with Crippen molar-refractivity contribution in [3.63, 3.8) is 0 Å². The zero-order valence-corrected chi connectivity index (χ0v) is 15.4. The van der Waals surface area contributed by atoms with Gasteiger partial charge in [0.2, 0.25) is 0 Å². The molecule has 0 bridgehead atoms. The molecule has 26 heavy (non-hydrogen) atoms. The van der Waals surface area contributed by atoms with Crippen LogP contribution >= 0.6 is 0 Å². The number of carbonyl (C=O) groups is 1. The van der Waals surface area contributed by atoms with Crippen molar-refractivity contribution in [1.29, 1.82) is 0 Å². The van der Waals surface area contributed by atoms with Crippen LogP contribution in [-0.4, -0.2) is 56.8 Å². The van der Waals surface area contributed by atoms with E-state index in [0.29, 0.717) is 13.1 Å². The van der Waals surface area contributed by atoms with Crippen LogP contribution in [0.5, 0.6) is 0 Å². The van der Waals surface area contributed by atoms with E-state index in [1.165, 1.54) is 13.2 Å². The average molecular weight is 362 g/mol. The second-order valence-corrected chi connectivity index (χ2v) is 7.09. The number of piperidine rings is 1. The van der Waals surface area contributed by atoms with Crippen LogP contribution in [0.25, 0.3) is 0 Å². The number of amides is 1. The van der Waals surface area contributed by atoms with Crippen molar-refractivity contribution in [2.75, 3.05) is 33.8 Å². The van der Waals surface area contributed by atoms with E-state index in [1.54, 1.807) is 24.1 Å². The number of guanidine groups is 1. The first-order valence-electron chi connectivity index (χ1n) is 9.12. The van der Waals surface area contributed by atoms with Crippen molar-refractivity contribution in [3.8, 4) is 0 Å². The molecule has 0 atom stereocenters. The summed E-state index contributed by atoms with van der Waals surface area (Å²) in [5.41, 5.74) is 1.06. The van der Waals surface area contributed by atoms with Crippen LogP contribution in [0, 0.1) is 5.82 Å². The third kappa shape index (κ3) is 4.26. The van der Waals surface area contributed by atoms with Gasteiger partial charge in [0, 0.05) is 38.1 Å². The van der Waals surface area contributed by atoms with Crippen molar-refractivity contribution < 1.29 is 13.9 Å². The summed E-state index contributed by atoms with van der Waals surface area (Å²) in [4.78, 5) is 17.6. The Morgan fingerprint density at radius 3 is 2.69 bits per heavy atom. The number of hydrogen-bond acceptors (Lipinski definition) is 3. The zero-order chi connectivity index (χ0) is 18.6. The molecular weight excluding hydrogens is 335 g/mol. The van der Waals surface area contributed by atoms with Gasteiger partial charge in [0.15, 0.2) is 5.96 Å². The maximum atomic E-state index is 13.5. The van der Waals surface area contributed by atoms with E-state index in [9.17, 15) is 9.18 Å². The summed E-state index contributed by atoms with van der Waals surface area (Å²) in [6, 6.07) is 7.15. The second kappa shape index (κ2) is 7.93. The fraction of sp³-hybridized carbons (Fsp3) is 0.579. The molecule has 1 amide bonds. The molecule has 0 spiro atoms. The lowest BCUT2D eigenvalue weighted by Gasteiger charge is -2.32. The number of ether oxygens (including phenoxy) is 1. The molecule has 1 heterocycles. The fourth-order valence-electron chi connectivity index (χ4n) is 3.51. The zero-order valence-electron chi connectivity index (χ0n) is 15.4. The van der Waals surface area contributed by atoms with Crippen LogP contribution in [0.1, 0.15) is 31.2 Å². The average Bonchev–Trinajstić information content (AvgIpc) is 3.46. The van der Waals surface area contributed by atoms with Gasteiger partial charge in [0.05, 0.1) is 7.11 Å². The minimum atomic E-state index is -0.267. The van der Waals surface area contributed by atoms with E-state index in [1.807, 2.05) is 6.07 Å². The molecule has 1 saturated carbocycles. The number of carbonyl (C=O) groups excluding carboxylic acids is 1. The molecule has 6 nitrogen and oxygen atoms in total. The molecule has 142 valence electrons. The van der Waals surface area contributed by atoms with Crippen LogP contribution in [-0.2, 0) is 10.2 Å². The Labute approximate surface area is 153 Å². The Morgan fingerprint density at radius 2 is 2.12 bits per heavy atom. The third-order valence-corrected chi connectivity index (χ3v) is 5.38. The predicted octanol–water partition coefficient (Wildman–Crippen LogP) is 2.25. The highest BCUT2D eigenvalue weighted by Crippen LogP contribution is 2.47. The van der Waals surface area contributed by atoms with Crippen molar-refractivity contribution in [3.05, 3.63) is 35.6 Å². The summed E-state index contributed by atoms with van der Waals surface area (Å²) in [6.07, 6.45) is 3.54. The topological polar surface area (TPSA) is 66.0 Å². The molecule has 3 rings (SSSR count). The Kier molecular flexibility index (Phi) is 5.64. The second-order valence-electron chi connectivity index (χ2n) is 7.09. The molecule has 2 N–H and O–H groups in total. The molecule has 0 radical (unpaired) electrons. The molecule has 7 heteroatoms. The number of nitrogens with one attached hydrogen (secondary N) is 2. The van der Waals surface area contributed by atoms with Gasteiger partial charge >= 0.3 is 6.09 Å². The van der Waals surface area contributed by atoms with Crippen LogP contribution < -0.4 is 10.6 Å². The van der Waals surface area contributed by atoms with Gasteiger partial charge in [-0.25, -0.2) is 9.18 Å². The van der Waals surface area contributed by atoms with E-state index in [4.69, 9.17) is 4.74 Å². The molecule has 2 fully saturated rings. The van der Waals surface area contributed by atoms with Gasteiger partial charge in [-0.1, -0.05) is 12.1 Å². The SMILES string of the molecule is CN=C(NCC1(c2cccc(F)c2)CC1)NC1CCN(C(=O)OC)CC1. The lowest BCUT2D eigenvalue weighted by Crippen LogP contribution is -2.50. The summed E-state index contributed by atoms with van der Waals surface area (Å²) in [5.74, 6) is 0.567. The van der Waals surface area contributed by atoms with E-state index in [-0.39, 0.29) is 23.4 Å². The van der Waals surface area contributed by atoms with Crippen molar-refractivity contribution in [2.24, 2.45) is 4.99 Å². The first-order chi connectivity index (χ1) is 12.6. The van der Waals surface area contributed by atoms with Gasteiger partial charge in [-0.05, 0) is 43.4 Å². The molecule has 2 aliphatic rings. The number of benzene rings is 1. The number of halogens is 1. The lowest BCUT2D eigenvalue weighted by molar-refractivity contribution is 0.111. The Balaban J connectivity index is 1.49. The van der Waals surface area contributed by atoms with Crippen LogP contribution in [0.4, 0.5) is 9.18 Å². The van der Waals surface area contributed by atoms with Crippen molar-refractivity contribution in [1.82, 2.24) is 15.5 Å². The Morgan fingerprint density at radius 1 is 1.38 bits per heavy atom. The molecule has 1 aromatic rings. The quantitative estimate of drug-likeness (QED) is 0.637. The van der Waals surface area contributed by atoms with E-state index in [2.05, 4.69) is 15.6 Å². The first kappa shape index (κ1) is 18.5.